The Morgan fingerprint density at radius 1 is 0.923 bits per heavy atom. The molecule has 132 valence electrons. The first kappa shape index (κ1) is 18.0. The van der Waals surface area contributed by atoms with Gasteiger partial charge in [-0.05, 0) is 54.6 Å². The van der Waals surface area contributed by atoms with Crippen LogP contribution in [0.5, 0.6) is 5.75 Å². The van der Waals surface area contributed by atoms with Gasteiger partial charge in [0.1, 0.15) is 11.4 Å². The van der Waals surface area contributed by atoms with Crippen LogP contribution in [0.3, 0.4) is 0 Å². The molecule has 3 rings (SSSR count). The van der Waals surface area contributed by atoms with E-state index in [1.54, 1.807) is 67.9 Å². The van der Waals surface area contributed by atoms with Crippen molar-refractivity contribution in [2.75, 3.05) is 17.7 Å². The van der Waals surface area contributed by atoms with Crippen molar-refractivity contribution < 1.29 is 9.53 Å². The van der Waals surface area contributed by atoms with Crippen molar-refractivity contribution in [2.45, 2.75) is 0 Å². The third-order valence-corrected chi connectivity index (χ3v) is 4.29. The summed E-state index contributed by atoms with van der Waals surface area (Å²) >= 11 is 11.9. The van der Waals surface area contributed by atoms with E-state index in [0.717, 1.165) is 17.1 Å². The molecule has 0 aliphatic rings. The zero-order valence-corrected chi connectivity index (χ0v) is 15.3. The number of halogens is 2. The predicted molar refractivity (Wildman–Crippen MR) is 105 cm³/mol. The molecule has 1 aromatic heterocycles. The van der Waals surface area contributed by atoms with E-state index in [9.17, 15) is 4.79 Å². The Morgan fingerprint density at radius 2 is 1.62 bits per heavy atom. The molecule has 26 heavy (non-hydrogen) atoms. The second-order valence-corrected chi connectivity index (χ2v) is 6.18. The average molecular weight is 388 g/mol. The van der Waals surface area contributed by atoms with E-state index >= 15 is 0 Å². The molecule has 7 heteroatoms. The quantitative estimate of drug-likeness (QED) is 0.615. The van der Waals surface area contributed by atoms with E-state index in [0.29, 0.717) is 21.4 Å². The lowest BCUT2D eigenvalue weighted by Gasteiger charge is -2.09. The number of methoxy groups -OCH3 is 1. The Bertz CT molecular complexity index is 913. The van der Waals surface area contributed by atoms with E-state index in [2.05, 4.69) is 15.6 Å². The Kier molecular flexibility index (Phi) is 5.61. The smallest absolute Gasteiger partial charge is 0.274 e. The van der Waals surface area contributed by atoms with Crippen LogP contribution in [0.25, 0.3) is 0 Å². The third kappa shape index (κ3) is 4.45. The molecule has 5 nitrogen and oxygen atoms in total. The van der Waals surface area contributed by atoms with Gasteiger partial charge < -0.3 is 15.4 Å². The van der Waals surface area contributed by atoms with Crippen molar-refractivity contribution >= 4 is 46.2 Å². The summed E-state index contributed by atoms with van der Waals surface area (Å²) in [4.78, 5) is 16.4. The lowest BCUT2D eigenvalue weighted by molar-refractivity contribution is 0.102. The van der Waals surface area contributed by atoms with Crippen LogP contribution >= 0.6 is 23.2 Å². The van der Waals surface area contributed by atoms with Crippen LogP contribution in [-0.2, 0) is 0 Å². The summed E-state index contributed by atoms with van der Waals surface area (Å²) in [5.74, 6) is 0.426. The van der Waals surface area contributed by atoms with Gasteiger partial charge in [0.05, 0.1) is 29.0 Å². The minimum atomic E-state index is -0.295. The predicted octanol–water partition coefficient (Wildman–Crippen LogP) is 5.39. The molecule has 0 atom stereocenters. The molecule has 0 saturated carbocycles. The molecule has 2 N–H and O–H groups in total. The number of nitrogens with zero attached hydrogens (tertiary/aromatic N) is 1. The second-order valence-electron chi connectivity index (χ2n) is 5.37. The first-order valence-electron chi connectivity index (χ1n) is 7.69. The lowest BCUT2D eigenvalue weighted by atomic mass is 10.2. The van der Waals surface area contributed by atoms with E-state index in [4.69, 9.17) is 27.9 Å². The summed E-state index contributed by atoms with van der Waals surface area (Å²) < 4.78 is 5.09. The zero-order chi connectivity index (χ0) is 18.5. The molecule has 0 aliphatic heterocycles. The molecule has 0 aliphatic carbocycles. The van der Waals surface area contributed by atoms with Crippen LogP contribution in [0.15, 0.2) is 60.8 Å². The van der Waals surface area contributed by atoms with Crippen LogP contribution in [0.1, 0.15) is 10.5 Å². The molecule has 3 aromatic rings. The number of hydrogen-bond donors (Lipinski definition) is 2. The van der Waals surface area contributed by atoms with Crippen molar-refractivity contribution in [1.29, 1.82) is 0 Å². The fourth-order valence-electron chi connectivity index (χ4n) is 2.21. The number of ether oxygens (including phenoxy) is 1. The number of rotatable bonds is 5. The summed E-state index contributed by atoms with van der Waals surface area (Å²) in [7, 11) is 1.59. The Morgan fingerprint density at radius 3 is 2.23 bits per heavy atom. The van der Waals surface area contributed by atoms with Gasteiger partial charge >= 0.3 is 0 Å². The number of amides is 1. The summed E-state index contributed by atoms with van der Waals surface area (Å²) in [6.45, 7) is 0. The summed E-state index contributed by atoms with van der Waals surface area (Å²) in [5, 5.41) is 6.88. The average Bonchev–Trinajstić information content (AvgIpc) is 2.66. The maximum absolute atomic E-state index is 12.3. The molecular weight excluding hydrogens is 373 g/mol. The first-order valence-corrected chi connectivity index (χ1v) is 8.44. The molecule has 0 radical (unpaired) electrons. The van der Waals surface area contributed by atoms with Crippen LogP contribution in [0.2, 0.25) is 10.0 Å². The number of nitrogens with one attached hydrogen (secondary N) is 2. The molecule has 0 unspecified atom stereocenters. The van der Waals surface area contributed by atoms with Crippen molar-refractivity contribution in [2.24, 2.45) is 0 Å². The number of benzene rings is 2. The van der Waals surface area contributed by atoms with E-state index < -0.39 is 0 Å². The standard InChI is InChI=1S/C19H15Cl2N3O2/c1-26-15-6-2-12(3-7-15)24-19(25)18-9-5-14(11-22-18)23-13-4-8-16(20)17(21)10-13/h2-11,23H,1H3,(H,24,25). The van der Waals surface area contributed by atoms with Crippen LogP contribution in [-0.4, -0.2) is 18.0 Å². The summed E-state index contributed by atoms with van der Waals surface area (Å²) in [5.41, 5.74) is 2.47. The third-order valence-electron chi connectivity index (χ3n) is 3.55. The number of pyridine rings is 1. The molecule has 1 amide bonds. The molecular formula is C19H15Cl2N3O2. The normalized spacial score (nSPS) is 10.3. The highest BCUT2D eigenvalue weighted by atomic mass is 35.5. The summed E-state index contributed by atoms with van der Waals surface area (Å²) in [6, 6.07) is 15.7. The van der Waals surface area contributed by atoms with Gasteiger partial charge in [-0.3, -0.25) is 4.79 Å². The van der Waals surface area contributed by atoms with Crippen LogP contribution in [0, 0.1) is 0 Å². The Balaban J connectivity index is 1.66. The number of hydrogen-bond acceptors (Lipinski definition) is 4. The van der Waals surface area contributed by atoms with Gasteiger partial charge in [-0.1, -0.05) is 23.2 Å². The van der Waals surface area contributed by atoms with Crippen molar-refractivity contribution in [3.8, 4) is 5.75 Å². The minimum Gasteiger partial charge on any atom is -0.497 e. The largest absolute Gasteiger partial charge is 0.497 e. The first-order chi connectivity index (χ1) is 12.5. The Hall–Kier alpha value is -2.76. The highest BCUT2D eigenvalue weighted by Crippen LogP contribution is 2.26. The van der Waals surface area contributed by atoms with Gasteiger partial charge in [0.25, 0.3) is 5.91 Å². The van der Waals surface area contributed by atoms with Crippen LogP contribution < -0.4 is 15.4 Å². The van der Waals surface area contributed by atoms with Gasteiger partial charge in [-0.25, -0.2) is 4.98 Å². The van der Waals surface area contributed by atoms with Crippen molar-refractivity contribution in [3.63, 3.8) is 0 Å². The SMILES string of the molecule is COc1ccc(NC(=O)c2ccc(Nc3ccc(Cl)c(Cl)c3)cn2)cc1. The van der Waals surface area contributed by atoms with Crippen molar-refractivity contribution in [3.05, 3.63) is 76.5 Å². The second kappa shape index (κ2) is 8.08. The number of carbonyl (C=O) groups excluding carboxylic acids is 1. The topological polar surface area (TPSA) is 63.2 Å². The molecule has 0 spiro atoms. The summed E-state index contributed by atoms with van der Waals surface area (Å²) in [6.07, 6.45) is 1.57. The van der Waals surface area contributed by atoms with E-state index in [1.807, 2.05) is 0 Å². The molecule has 2 aromatic carbocycles. The fraction of sp³-hybridized carbons (Fsp3) is 0.0526. The molecule has 0 bridgehead atoms. The van der Waals surface area contributed by atoms with Gasteiger partial charge in [0.2, 0.25) is 0 Å². The monoisotopic (exact) mass is 387 g/mol. The Labute approximate surface area is 160 Å². The van der Waals surface area contributed by atoms with E-state index in [-0.39, 0.29) is 5.91 Å². The fourth-order valence-corrected chi connectivity index (χ4v) is 2.51. The maximum Gasteiger partial charge on any atom is 0.274 e. The van der Waals surface area contributed by atoms with Crippen LogP contribution in [0.4, 0.5) is 17.1 Å². The highest BCUT2D eigenvalue weighted by Gasteiger charge is 2.08. The lowest BCUT2D eigenvalue weighted by Crippen LogP contribution is -2.13. The molecule has 0 fully saturated rings. The molecule has 0 saturated heterocycles. The van der Waals surface area contributed by atoms with Gasteiger partial charge in [-0.15, -0.1) is 0 Å². The van der Waals surface area contributed by atoms with E-state index in [1.165, 1.54) is 0 Å². The minimum absolute atomic E-state index is 0.295. The highest BCUT2D eigenvalue weighted by molar-refractivity contribution is 6.42. The van der Waals surface area contributed by atoms with Gasteiger partial charge in [0, 0.05) is 11.4 Å². The van der Waals surface area contributed by atoms with Gasteiger partial charge in [-0.2, -0.15) is 0 Å². The zero-order valence-electron chi connectivity index (χ0n) is 13.8. The molecule has 1 heterocycles. The number of anilines is 3. The number of aromatic nitrogens is 1. The van der Waals surface area contributed by atoms with Gasteiger partial charge in [0.15, 0.2) is 0 Å². The maximum atomic E-state index is 12.3. The number of carbonyl (C=O) groups is 1. The van der Waals surface area contributed by atoms with Crippen molar-refractivity contribution in [1.82, 2.24) is 4.98 Å².